The zero-order valence-electron chi connectivity index (χ0n) is 30.8. The van der Waals surface area contributed by atoms with Crippen LogP contribution < -0.4 is 0 Å². The molecule has 55 heavy (non-hydrogen) atoms. The quantitative estimate of drug-likeness (QED) is 0.158. The molecule has 0 nitrogen and oxygen atoms in total. The first kappa shape index (κ1) is 30.7. The second-order valence-electron chi connectivity index (χ2n) is 16.0. The number of benzene rings is 11. The molecular weight excluding hydrogens is 661 g/mol. The summed E-state index contributed by atoms with van der Waals surface area (Å²) in [5.74, 6) is 0. The van der Waals surface area contributed by atoms with E-state index in [0.29, 0.717) is 0 Å². The molecule has 0 bridgehead atoms. The van der Waals surface area contributed by atoms with Crippen molar-refractivity contribution in [2.75, 3.05) is 0 Å². The van der Waals surface area contributed by atoms with Crippen LogP contribution in [0, 0.1) is 0 Å². The van der Waals surface area contributed by atoms with E-state index in [9.17, 15) is 0 Å². The van der Waals surface area contributed by atoms with E-state index in [-0.39, 0.29) is 5.41 Å². The molecule has 0 amide bonds. The first-order valence-electron chi connectivity index (χ1n) is 19.4. The minimum Gasteiger partial charge on any atom is -0.0616 e. The van der Waals surface area contributed by atoms with Gasteiger partial charge in [-0.05, 0) is 144 Å². The summed E-state index contributed by atoms with van der Waals surface area (Å²) in [7, 11) is 0. The van der Waals surface area contributed by atoms with Gasteiger partial charge in [-0.25, -0.2) is 0 Å². The number of fused-ring (bicyclic) bond motifs is 16. The highest BCUT2D eigenvalue weighted by Crippen LogP contribution is 2.52. The van der Waals surface area contributed by atoms with Crippen molar-refractivity contribution in [3.8, 4) is 33.4 Å². The molecule has 0 atom stereocenters. The van der Waals surface area contributed by atoms with E-state index in [2.05, 4.69) is 196 Å². The van der Waals surface area contributed by atoms with Gasteiger partial charge in [0.05, 0.1) is 0 Å². The Morgan fingerprint density at radius 3 is 1.29 bits per heavy atom. The minimum atomic E-state index is -0.172. The molecule has 0 fully saturated rings. The fraction of sp³-hybridized carbons (Fsp3) is 0.0545. The van der Waals surface area contributed by atoms with Crippen molar-refractivity contribution >= 4 is 75.4 Å². The summed E-state index contributed by atoms with van der Waals surface area (Å²) in [6.07, 6.45) is 0. The first-order chi connectivity index (χ1) is 27.0. The van der Waals surface area contributed by atoms with Crippen molar-refractivity contribution in [2.24, 2.45) is 0 Å². The van der Waals surface area contributed by atoms with E-state index in [1.807, 2.05) is 0 Å². The summed E-state index contributed by atoms with van der Waals surface area (Å²) >= 11 is 0. The second kappa shape index (κ2) is 11.1. The smallest absolute Gasteiger partial charge is 0.0159 e. The highest BCUT2D eigenvalue weighted by Gasteiger charge is 2.36. The molecule has 0 radical (unpaired) electrons. The van der Waals surface area contributed by atoms with Gasteiger partial charge in [-0.15, -0.1) is 0 Å². The van der Waals surface area contributed by atoms with Gasteiger partial charge < -0.3 is 0 Å². The van der Waals surface area contributed by atoms with Crippen molar-refractivity contribution in [1.29, 1.82) is 0 Å². The zero-order valence-corrected chi connectivity index (χ0v) is 30.8. The lowest BCUT2D eigenvalue weighted by atomic mass is 9.80. The van der Waals surface area contributed by atoms with Crippen LogP contribution in [0.4, 0.5) is 0 Å². The van der Waals surface area contributed by atoms with E-state index in [0.717, 1.165) is 0 Å². The fourth-order valence-corrected chi connectivity index (χ4v) is 10.2. The first-order valence-corrected chi connectivity index (χ1v) is 19.4. The van der Waals surface area contributed by atoms with Crippen LogP contribution in [0.5, 0.6) is 0 Å². The van der Waals surface area contributed by atoms with Gasteiger partial charge in [-0.2, -0.15) is 0 Å². The van der Waals surface area contributed by atoms with Crippen LogP contribution in [0.3, 0.4) is 0 Å². The van der Waals surface area contributed by atoms with Crippen molar-refractivity contribution in [1.82, 2.24) is 0 Å². The van der Waals surface area contributed by atoms with Crippen LogP contribution in [0.1, 0.15) is 25.0 Å². The van der Waals surface area contributed by atoms with Gasteiger partial charge in [0.1, 0.15) is 0 Å². The van der Waals surface area contributed by atoms with Gasteiger partial charge in [-0.3, -0.25) is 0 Å². The minimum absolute atomic E-state index is 0.172. The standard InChI is InChI=1S/C55H36/c1-55(2)51-30-34(48-29-36-24-23-33-13-3-4-14-37(33)53(36)45-20-10-8-18-41(45)48)25-27-43(51)44-28-26-35(31-52(44)55)49-32-50-40-17-6-5-15-38(40)39-16-7-11-21-46(39)54(50)47-22-12-9-19-42(47)49/h3-32H,1-2H3. The summed E-state index contributed by atoms with van der Waals surface area (Å²) in [6, 6.07) is 68.4. The maximum absolute atomic E-state index is 2.49. The average molecular weight is 697 g/mol. The Hall–Kier alpha value is -6.76. The van der Waals surface area contributed by atoms with Crippen LogP contribution in [0.25, 0.3) is 109 Å². The Balaban J connectivity index is 1.04. The molecule has 0 unspecified atom stereocenters. The van der Waals surface area contributed by atoms with Gasteiger partial charge >= 0.3 is 0 Å². The second-order valence-corrected chi connectivity index (χ2v) is 16.0. The fourth-order valence-electron chi connectivity index (χ4n) is 10.2. The van der Waals surface area contributed by atoms with Gasteiger partial charge in [0.25, 0.3) is 0 Å². The molecule has 0 N–H and O–H groups in total. The molecule has 12 rings (SSSR count). The van der Waals surface area contributed by atoms with Gasteiger partial charge in [0.2, 0.25) is 0 Å². The number of rotatable bonds is 2. The van der Waals surface area contributed by atoms with Gasteiger partial charge in [0, 0.05) is 5.41 Å². The van der Waals surface area contributed by atoms with Crippen LogP contribution in [-0.2, 0) is 5.41 Å². The molecule has 11 aromatic carbocycles. The molecule has 0 aliphatic heterocycles. The van der Waals surface area contributed by atoms with E-state index < -0.39 is 0 Å². The molecule has 11 aromatic rings. The van der Waals surface area contributed by atoms with Crippen LogP contribution >= 0.6 is 0 Å². The Morgan fingerprint density at radius 1 is 0.273 bits per heavy atom. The van der Waals surface area contributed by atoms with Crippen LogP contribution in [-0.4, -0.2) is 0 Å². The molecule has 0 saturated carbocycles. The summed E-state index contributed by atoms with van der Waals surface area (Å²) < 4.78 is 0. The monoisotopic (exact) mass is 696 g/mol. The lowest BCUT2D eigenvalue weighted by Gasteiger charge is -2.23. The number of hydrogen-bond acceptors (Lipinski definition) is 0. The van der Waals surface area contributed by atoms with Crippen LogP contribution in [0.15, 0.2) is 182 Å². The SMILES string of the molecule is CC1(C)c2cc(-c3cc4ccc5ccccc5c4c4ccccc34)ccc2-c2ccc(-c3cc4c5ccccc5c5ccccc5c4c4ccccc34)cc21. The molecule has 0 saturated heterocycles. The highest BCUT2D eigenvalue weighted by atomic mass is 14.4. The third kappa shape index (κ3) is 4.23. The largest absolute Gasteiger partial charge is 0.0616 e. The number of hydrogen-bond donors (Lipinski definition) is 0. The molecule has 0 heteroatoms. The molecule has 0 aromatic heterocycles. The van der Waals surface area contributed by atoms with E-state index in [1.165, 1.54) is 120 Å². The molecule has 0 spiro atoms. The molecule has 1 aliphatic rings. The van der Waals surface area contributed by atoms with E-state index >= 15 is 0 Å². The molecule has 0 heterocycles. The predicted octanol–water partition coefficient (Wildman–Crippen LogP) is 15.4. The Kier molecular flexibility index (Phi) is 6.21. The van der Waals surface area contributed by atoms with E-state index in [4.69, 9.17) is 0 Å². The van der Waals surface area contributed by atoms with Gasteiger partial charge in [0.15, 0.2) is 0 Å². The third-order valence-electron chi connectivity index (χ3n) is 12.8. The average Bonchev–Trinajstić information content (AvgIpc) is 3.47. The topological polar surface area (TPSA) is 0 Å². The van der Waals surface area contributed by atoms with Crippen molar-refractivity contribution < 1.29 is 0 Å². The Bertz CT molecular complexity index is 3450. The zero-order chi connectivity index (χ0) is 36.4. The van der Waals surface area contributed by atoms with Crippen molar-refractivity contribution in [2.45, 2.75) is 19.3 Å². The molecule has 1 aliphatic carbocycles. The summed E-state index contributed by atoms with van der Waals surface area (Å²) in [5.41, 5.74) is 10.4. The Morgan fingerprint density at radius 2 is 0.691 bits per heavy atom. The lowest BCUT2D eigenvalue weighted by Crippen LogP contribution is -2.15. The van der Waals surface area contributed by atoms with Crippen molar-refractivity contribution in [3.05, 3.63) is 193 Å². The summed E-state index contributed by atoms with van der Waals surface area (Å²) in [5, 5.41) is 18.3. The van der Waals surface area contributed by atoms with Crippen molar-refractivity contribution in [3.63, 3.8) is 0 Å². The van der Waals surface area contributed by atoms with Gasteiger partial charge in [-0.1, -0.05) is 172 Å². The Labute approximate surface area is 319 Å². The summed E-state index contributed by atoms with van der Waals surface area (Å²) in [6.45, 7) is 4.82. The lowest BCUT2D eigenvalue weighted by molar-refractivity contribution is 0.661. The van der Waals surface area contributed by atoms with Crippen LogP contribution in [0.2, 0.25) is 0 Å². The third-order valence-corrected chi connectivity index (χ3v) is 12.8. The maximum Gasteiger partial charge on any atom is 0.0159 e. The maximum atomic E-state index is 2.49. The summed E-state index contributed by atoms with van der Waals surface area (Å²) in [4.78, 5) is 0. The highest BCUT2D eigenvalue weighted by molar-refractivity contribution is 6.33. The predicted molar refractivity (Wildman–Crippen MR) is 237 cm³/mol. The normalized spacial score (nSPS) is 13.4. The molecule has 256 valence electrons. The molecular formula is C55H36. The van der Waals surface area contributed by atoms with E-state index in [1.54, 1.807) is 0 Å².